The van der Waals surface area contributed by atoms with Crippen molar-refractivity contribution in [1.82, 2.24) is 40.1 Å². The highest BCUT2D eigenvalue weighted by atomic mass is 32.2. The summed E-state index contributed by atoms with van der Waals surface area (Å²) in [5, 5.41) is 7.30. The number of likely N-dealkylation sites (N-methyl/N-ethyl adjacent to an activating group) is 1. The SMILES string of the molecule is CCn1c(-c2cccnc2[C@H](C)OC)c2c3cc(ccc31)-c1csc(n1)C[C@H](NC(=O)[C@H](C(C)C)N(C)C(=O)N1CC(S(C)(=O)=O)C1)C(=O)N1CCC[C@H](N1)C(=O)OCC(C)(C)C2. The van der Waals surface area contributed by atoms with Crippen LogP contribution in [0.5, 0.6) is 0 Å². The van der Waals surface area contributed by atoms with Crippen LogP contribution < -0.4 is 10.7 Å². The molecule has 0 aliphatic carbocycles. The molecule has 63 heavy (non-hydrogen) atoms. The van der Waals surface area contributed by atoms with Crippen molar-refractivity contribution in [3.8, 4) is 22.5 Å². The number of pyridine rings is 1. The number of amides is 4. The van der Waals surface area contributed by atoms with E-state index in [0.717, 1.165) is 50.9 Å². The molecule has 7 rings (SSSR count). The zero-order valence-corrected chi connectivity index (χ0v) is 39.3. The van der Waals surface area contributed by atoms with E-state index < -0.39 is 62.4 Å². The fourth-order valence-electron chi connectivity index (χ4n) is 8.95. The van der Waals surface area contributed by atoms with Crippen LogP contribution in [-0.2, 0) is 53.1 Å². The first-order valence-corrected chi connectivity index (χ1v) is 24.5. The monoisotopic (exact) mass is 904 g/mol. The maximum Gasteiger partial charge on any atom is 0.324 e. The standard InChI is InChI=1S/C45H60N8O8S2/c1-10-52-36-16-15-28-19-31(36)32(40(52)30-13-11-17-46-38(30)27(4)60-8)21-45(5,6)25-61-43(56)33-14-12-18-53(49-33)42(55)34(20-37-47-35(28)24-62-37)48-41(54)39(26(2)3)50(7)44(57)51-22-29(23-51)63(9,58)59/h11,13,15-17,19,24,26-27,29,33-34,39,49H,10,12,14,18,20-23,25H2,1-9H3,(H,48,54)/t27-,33-,34-,39-/m0/s1. The summed E-state index contributed by atoms with van der Waals surface area (Å²) < 4.78 is 38.3. The van der Waals surface area contributed by atoms with Gasteiger partial charge in [0.1, 0.15) is 18.1 Å². The second kappa shape index (κ2) is 18.3. The van der Waals surface area contributed by atoms with Crippen molar-refractivity contribution in [2.75, 3.05) is 46.7 Å². The topological polar surface area (TPSA) is 185 Å². The van der Waals surface area contributed by atoms with E-state index in [1.807, 2.05) is 38.3 Å². The van der Waals surface area contributed by atoms with Crippen molar-refractivity contribution in [2.24, 2.45) is 11.3 Å². The molecule has 2 saturated heterocycles. The van der Waals surface area contributed by atoms with Gasteiger partial charge in [0.2, 0.25) is 5.91 Å². The molecule has 0 unspecified atom stereocenters. The average molecular weight is 905 g/mol. The fraction of sp³-hybridized carbons (Fsp3) is 0.556. The minimum Gasteiger partial charge on any atom is -0.464 e. The first-order chi connectivity index (χ1) is 29.8. The Hall–Kier alpha value is -4.91. The predicted molar refractivity (Wildman–Crippen MR) is 241 cm³/mol. The molecule has 3 aromatic heterocycles. The lowest BCUT2D eigenvalue weighted by Gasteiger charge is -2.42. The summed E-state index contributed by atoms with van der Waals surface area (Å²) in [5.74, 6) is -1.83. The highest BCUT2D eigenvalue weighted by molar-refractivity contribution is 7.91. The minimum atomic E-state index is -3.32. The number of hydrogen-bond donors (Lipinski definition) is 2. The van der Waals surface area contributed by atoms with Gasteiger partial charge in [-0.15, -0.1) is 11.3 Å². The highest BCUT2D eigenvalue weighted by Gasteiger charge is 2.43. The molecule has 340 valence electrons. The number of esters is 1. The summed E-state index contributed by atoms with van der Waals surface area (Å²) in [7, 11) is -0.130. The average Bonchev–Trinajstić information content (AvgIpc) is 3.82. The number of fused-ring (bicyclic) bond motifs is 6. The second-order valence-corrected chi connectivity index (χ2v) is 21.5. The number of hydrazine groups is 1. The maximum absolute atomic E-state index is 14.5. The van der Waals surface area contributed by atoms with Crippen molar-refractivity contribution >= 4 is 55.9 Å². The summed E-state index contributed by atoms with van der Waals surface area (Å²) in [4.78, 5) is 68.7. The van der Waals surface area contributed by atoms with Gasteiger partial charge >= 0.3 is 12.0 Å². The molecule has 4 atom stereocenters. The number of aryl methyl sites for hydroxylation is 1. The Kier molecular flexibility index (Phi) is 13.4. The van der Waals surface area contributed by atoms with E-state index in [2.05, 4.69) is 54.3 Å². The number of hydrogen-bond acceptors (Lipinski definition) is 12. The number of nitrogens with one attached hydrogen (secondary N) is 2. The van der Waals surface area contributed by atoms with E-state index in [1.165, 1.54) is 33.2 Å². The summed E-state index contributed by atoms with van der Waals surface area (Å²) in [6, 6.07) is 6.97. The fourth-order valence-corrected chi connectivity index (χ4v) is 10.7. The van der Waals surface area contributed by atoms with Crippen LogP contribution in [0.1, 0.15) is 76.8 Å². The molecule has 4 amide bonds. The lowest BCUT2D eigenvalue weighted by atomic mass is 9.84. The number of aromatic nitrogens is 3. The minimum absolute atomic E-state index is 0.0442. The van der Waals surface area contributed by atoms with Crippen molar-refractivity contribution < 1.29 is 37.1 Å². The molecule has 0 spiro atoms. The van der Waals surface area contributed by atoms with Gasteiger partial charge in [0, 0.05) is 92.0 Å². The van der Waals surface area contributed by atoms with Crippen LogP contribution in [0.3, 0.4) is 0 Å². The summed E-state index contributed by atoms with van der Waals surface area (Å²) in [6.07, 6.45) is 4.26. The number of nitrogens with zero attached hydrogens (tertiary/aromatic N) is 6. The van der Waals surface area contributed by atoms with Crippen molar-refractivity contribution in [1.29, 1.82) is 0 Å². The maximum atomic E-state index is 14.5. The van der Waals surface area contributed by atoms with Gasteiger partial charge in [-0.2, -0.15) is 0 Å². The van der Waals surface area contributed by atoms with E-state index in [0.29, 0.717) is 37.4 Å². The quantitative estimate of drug-likeness (QED) is 0.215. The van der Waals surface area contributed by atoms with Gasteiger partial charge in [-0.25, -0.2) is 23.6 Å². The zero-order chi connectivity index (χ0) is 45.5. The summed E-state index contributed by atoms with van der Waals surface area (Å²) in [5.41, 5.74) is 9.14. The molecular weight excluding hydrogens is 845 g/mol. The number of thiazole rings is 1. The van der Waals surface area contributed by atoms with Gasteiger partial charge in [-0.05, 0) is 68.9 Å². The summed E-state index contributed by atoms with van der Waals surface area (Å²) in [6.45, 7) is 13.1. The molecular formula is C45H60N8O8S2. The molecule has 2 fully saturated rings. The Bertz CT molecular complexity index is 2490. The Morgan fingerprint density at radius 3 is 2.59 bits per heavy atom. The van der Waals surface area contributed by atoms with Gasteiger partial charge in [0.25, 0.3) is 5.91 Å². The third-order valence-electron chi connectivity index (χ3n) is 12.5. The Morgan fingerprint density at radius 2 is 1.90 bits per heavy atom. The molecule has 0 radical (unpaired) electrons. The molecule has 6 bridgehead atoms. The number of likely N-dealkylation sites (tertiary alicyclic amines) is 1. The van der Waals surface area contributed by atoms with Gasteiger partial charge in [-0.3, -0.25) is 24.4 Å². The predicted octanol–water partition coefficient (Wildman–Crippen LogP) is 5.01. The molecule has 3 aliphatic rings. The zero-order valence-electron chi connectivity index (χ0n) is 37.6. The van der Waals surface area contributed by atoms with Crippen LogP contribution in [0, 0.1) is 11.3 Å². The molecule has 0 saturated carbocycles. The van der Waals surface area contributed by atoms with Crippen molar-refractivity contribution in [3.63, 3.8) is 0 Å². The van der Waals surface area contributed by atoms with Crippen molar-refractivity contribution in [3.05, 3.63) is 58.2 Å². The Balaban J connectivity index is 1.27. The van der Waals surface area contributed by atoms with E-state index in [-0.39, 0.29) is 38.1 Å². The number of urea groups is 1. The number of carbonyl (C=O) groups excluding carboxylic acids is 4. The molecule has 6 heterocycles. The number of ether oxygens (including phenoxy) is 2. The Morgan fingerprint density at radius 1 is 1.16 bits per heavy atom. The van der Waals surface area contributed by atoms with Crippen LogP contribution in [0.4, 0.5) is 4.79 Å². The first-order valence-electron chi connectivity index (χ1n) is 21.6. The molecule has 3 aliphatic heterocycles. The lowest BCUT2D eigenvalue weighted by Crippen LogP contribution is -2.64. The second-order valence-electron chi connectivity index (χ2n) is 18.2. The first kappa shape index (κ1) is 46.1. The van der Waals surface area contributed by atoms with Crippen LogP contribution in [0.15, 0.2) is 41.9 Å². The van der Waals surface area contributed by atoms with Crippen LogP contribution >= 0.6 is 11.3 Å². The molecule has 18 heteroatoms. The van der Waals surface area contributed by atoms with Crippen LogP contribution in [0.25, 0.3) is 33.4 Å². The third-order valence-corrected chi connectivity index (χ3v) is 14.9. The van der Waals surface area contributed by atoms with Gasteiger partial charge in [0.05, 0.1) is 40.1 Å². The number of methoxy groups -OCH3 is 1. The van der Waals surface area contributed by atoms with E-state index in [1.54, 1.807) is 13.3 Å². The normalized spacial score (nSPS) is 20.8. The molecule has 4 aromatic rings. The molecule has 16 nitrogen and oxygen atoms in total. The third kappa shape index (κ3) is 9.49. The number of carbonyl (C=O) groups is 4. The van der Waals surface area contributed by atoms with Gasteiger partial charge in [0.15, 0.2) is 9.84 Å². The number of sulfone groups is 1. The number of cyclic esters (lactones) is 1. The van der Waals surface area contributed by atoms with Crippen LogP contribution in [-0.4, -0.2) is 132 Å². The lowest BCUT2D eigenvalue weighted by molar-refractivity contribution is -0.155. The van der Waals surface area contributed by atoms with E-state index in [4.69, 9.17) is 19.4 Å². The van der Waals surface area contributed by atoms with Gasteiger partial charge < -0.3 is 29.2 Å². The van der Waals surface area contributed by atoms with E-state index in [9.17, 15) is 27.6 Å². The Labute approximate surface area is 373 Å². The summed E-state index contributed by atoms with van der Waals surface area (Å²) >= 11 is 1.38. The van der Waals surface area contributed by atoms with Crippen molar-refractivity contribution in [2.45, 2.75) is 103 Å². The number of rotatable bonds is 9. The molecule has 2 N–H and O–H groups in total. The largest absolute Gasteiger partial charge is 0.464 e. The van der Waals surface area contributed by atoms with E-state index >= 15 is 0 Å². The number of benzene rings is 1. The van der Waals surface area contributed by atoms with Crippen LogP contribution in [0.2, 0.25) is 0 Å². The van der Waals surface area contributed by atoms with Gasteiger partial charge in [-0.1, -0.05) is 33.8 Å². The smallest absolute Gasteiger partial charge is 0.324 e. The molecule has 1 aromatic carbocycles. The highest BCUT2D eigenvalue weighted by Crippen LogP contribution is 2.42.